The number of benzene rings is 1. The number of ether oxygens (including phenoxy) is 1. The van der Waals surface area contributed by atoms with Gasteiger partial charge in [0.25, 0.3) is 0 Å². The molecule has 2 aromatic rings. The number of amides is 1. The first-order valence-corrected chi connectivity index (χ1v) is 12.0. The van der Waals surface area contributed by atoms with Gasteiger partial charge in [-0.25, -0.2) is 0 Å². The van der Waals surface area contributed by atoms with Crippen LogP contribution in [0.25, 0.3) is 0 Å². The first-order chi connectivity index (χ1) is 15.7. The second-order valence-electron chi connectivity index (χ2n) is 10.4. The Morgan fingerprint density at radius 1 is 1.21 bits per heavy atom. The standard InChI is InChI=1S/C27H37N3O3/c1-19(2)20-6-8-22(9-7-20)27(32,26(3)17-29(4)18-26)23-14-24(16-28-15-23)30-12-10-21(25(30)31)11-13-33-5/h6-9,14-16,19,21,32H,10-13,17-18H2,1-5H3. The van der Waals surface area contributed by atoms with E-state index in [-0.39, 0.29) is 17.2 Å². The number of nitrogens with zero attached hydrogens (tertiary/aromatic N) is 3. The minimum absolute atomic E-state index is 0.0196. The van der Waals surface area contributed by atoms with Crippen LogP contribution in [-0.4, -0.2) is 61.3 Å². The van der Waals surface area contributed by atoms with Gasteiger partial charge in [-0.1, -0.05) is 45.0 Å². The number of rotatable bonds is 8. The highest BCUT2D eigenvalue weighted by Gasteiger charge is 2.55. The largest absolute Gasteiger partial charge is 0.385 e. The van der Waals surface area contributed by atoms with Crippen molar-refractivity contribution in [1.82, 2.24) is 9.88 Å². The Balaban J connectivity index is 1.71. The van der Waals surface area contributed by atoms with E-state index in [0.29, 0.717) is 19.1 Å². The molecule has 0 radical (unpaired) electrons. The Morgan fingerprint density at radius 2 is 1.91 bits per heavy atom. The van der Waals surface area contributed by atoms with Gasteiger partial charge in [0.15, 0.2) is 0 Å². The van der Waals surface area contributed by atoms with E-state index in [2.05, 4.69) is 49.8 Å². The monoisotopic (exact) mass is 451 g/mol. The lowest BCUT2D eigenvalue weighted by Gasteiger charge is -2.56. The van der Waals surface area contributed by atoms with Crippen molar-refractivity contribution in [3.63, 3.8) is 0 Å². The minimum Gasteiger partial charge on any atom is -0.385 e. The number of likely N-dealkylation sites (tertiary alicyclic amines) is 1. The van der Waals surface area contributed by atoms with Crippen LogP contribution in [0.2, 0.25) is 0 Å². The molecule has 1 aromatic carbocycles. The molecule has 178 valence electrons. The van der Waals surface area contributed by atoms with E-state index in [0.717, 1.165) is 42.7 Å². The molecule has 1 amide bonds. The lowest BCUT2D eigenvalue weighted by atomic mass is 9.62. The first-order valence-electron chi connectivity index (χ1n) is 12.0. The van der Waals surface area contributed by atoms with E-state index in [1.165, 1.54) is 5.56 Å². The van der Waals surface area contributed by atoms with Gasteiger partial charge < -0.3 is 19.6 Å². The topological polar surface area (TPSA) is 65.9 Å². The lowest BCUT2D eigenvalue weighted by molar-refractivity contribution is -0.127. The normalized spacial score (nSPS) is 22.5. The highest BCUT2D eigenvalue weighted by Crippen LogP contribution is 2.50. The van der Waals surface area contributed by atoms with Gasteiger partial charge in [-0.15, -0.1) is 0 Å². The van der Waals surface area contributed by atoms with Gasteiger partial charge in [0, 0.05) is 56.4 Å². The molecule has 6 nitrogen and oxygen atoms in total. The van der Waals surface area contributed by atoms with E-state index in [1.54, 1.807) is 19.5 Å². The Bertz CT molecular complexity index is 984. The van der Waals surface area contributed by atoms with Crippen LogP contribution in [0.1, 0.15) is 56.2 Å². The van der Waals surface area contributed by atoms with Crippen molar-refractivity contribution >= 4 is 11.6 Å². The summed E-state index contributed by atoms with van der Waals surface area (Å²) in [4.78, 5) is 21.5. The number of pyridine rings is 1. The molecule has 0 spiro atoms. The predicted molar refractivity (Wildman–Crippen MR) is 130 cm³/mol. The summed E-state index contributed by atoms with van der Waals surface area (Å²) in [7, 11) is 3.74. The number of anilines is 1. The molecule has 1 aromatic heterocycles. The summed E-state index contributed by atoms with van der Waals surface area (Å²) in [5.41, 5.74) is 2.03. The molecule has 0 saturated carbocycles. The van der Waals surface area contributed by atoms with Gasteiger partial charge in [-0.05, 0) is 43.0 Å². The average molecular weight is 452 g/mol. The van der Waals surface area contributed by atoms with Crippen molar-refractivity contribution in [2.45, 2.75) is 45.1 Å². The number of carbonyl (C=O) groups is 1. The maximum Gasteiger partial charge on any atom is 0.230 e. The molecular weight excluding hydrogens is 414 g/mol. The van der Waals surface area contributed by atoms with Crippen LogP contribution in [0.3, 0.4) is 0 Å². The number of hydrogen-bond donors (Lipinski definition) is 1. The first kappa shape index (κ1) is 23.9. The number of carbonyl (C=O) groups excluding carboxylic acids is 1. The lowest BCUT2D eigenvalue weighted by Crippen LogP contribution is -2.63. The fourth-order valence-corrected chi connectivity index (χ4v) is 5.64. The summed E-state index contributed by atoms with van der Waals surface area (Å²) in [6.45, 7) is 9.29. The summed E-state index contributed by atoms with van der Waals surface area (Å²) in [6.07, 6.45) is 5.04. The molecule has 2 saturated heterocycles. The number of hydrogen-bond acceptors (Lipinski definition) is 5. The molecule has 2 aliphatic rings. The summed E-state index contributed by atoms with van der Waals surface area (Å²) in [6, 6.07) is 10.3. The zero-order valence-corrected chi connectivity index (χ0v) is 20.5. The van der Waals surface area contributed by atoms with Crippen LogP contribution in [0.5, 0.6) is 0 Å². The zero-order chi connectivity index (χ0) is 23.8. The molecule has 3 heterocycles. The number of aromatic nitrogens is 1. The predicted octanol–water partition coefficient (Wildman–Crippen LogP) is 3.78. The van der Waals surface area contributed by atoms with E-state index >= 15 is 0 Å². The van der Waals surface area contributed by atoms with Gasteiger partial charge in [0.05, 0.1) is 11.9 Å². The maximum absolute atomic E-state index is 13.0. The van der Waals surface area contributed by atoms with Crippen molar-refractivity contribution in [3.05, 3.63) is 59.4 Å². The van der Waals surface area contributed by atoms with Gasteiger partial charge >= 0.3 is 0 Å². The maximum atomic E-state index is 13.0. The van der Waals surface area contributed by atoms with Gasteiger partial charge in [-0.3, -0.25) is 9.78 Å². The van der Waals surface area contributed by atoms with Crippen LogP contribution in [-0.2, 0) is 15.1 Å². The third-order valence-corrected chi connectivity index (χ3v) is 7.55. The number of aliphatic hydroxyl groups is 1. The molecule has 2 aliphatic heterocycles. The molecule has 2 fully saturated rings. The fraction of sp³-hybridized carbons (Fsp3) is 0.556. The molecule has 0 aliphatic carbocycles. The van der Waals surface area contributed by atoms with Gasteiger partial charge in [0.2, 0.25) is 5.91 Å². The van der Waals surface area contributed by atoms with Crippen molar-refractivity contribution in [3.8, 4) is 0 Å². The Kier molecular flexibility index (Phi) is 6.63. The van der Waals surface area contributed by atoms with Crippen LogP contribution >= 0.6 is 0 Å². The average Bonchev–Trinajstić information content (AvgIpc) is 3.16. The van der Waals surface area contributed by atoms with Gasteiger partial charge in [-0.2, -0.15) is 0 Å². The van der Waals surface area contributed by atoms with E-state index in [9.17, 15) is 9.90 Å². The second-order valence-corrected chi connectivity index (χ2v) is 10.4. The smallest absolute Gasteiger partial charge is 0.230 e. The van der Waals surface area contributed by atoms with E-state index in [4.69, 9.17) is 4.74 Å². The van der Waals surface area contributed by atoms with E-state index in [1.807, 2.05) is 23.1 Å². The molecule has 2 unspecified atom stereocenters. The van der Waals surface area contributed by atoms with Crippen molar-refractivity contribution in [2.24, 2.45) is 11.3 Å². The Morgan fingerprint density at radius 3 is 2.52 bits per heavy atom. The molecular formula is C27H37N3O3. The summed E-state index contributed by atoms with van der Waals surface area (Å²) >= 11 is 0. The van der Waals surface area contributed by atoms with Gasteiger partial charge in [0.1, 0.15) is 5.60 Å². The van der Waals surface area contributed by atoms with Crippen LogP contribution in [0, 0.1) is 11.3 Å². The SMILES string of the molecule is COCCC1CCN(c2cncc(C(O)(c3ccc(C(C)C)cc3)C3(C)CN(C)C3)c2)C1=O. The van der Waals surface area contributed by atoms with Crippen molar-refractivity contribution in [1.29, 1.82) is 0 Å². The molecule has 2 atom stereocenters. The van der Waals surface area contributed by atoms with Crippen molar-refractivity contribution < 1.29 is 14.6 Å². The Labute approximate surface area is 197 Å². The Hall–Kier alpha value is -2.28. The summed E-state index contributed by atoms with van der Waals surface area (Å²) in [5.74, 6) is 0.522. The molecule has 6 heteroatoms. The third-order valence-electron chi connectivity index (χ3n) is 7.55. The number of methoxy groups -OCH3 is 1. The molecule has 33 heavy (non-hydrogen) atoms. The highest BCUT2D eigenvalue weighted by molar-refractivity contribution is 5.97. The van der Waals surface area contributed by atoms with Crippen LogP contribution < -0.4 is 4.90 Å². The van der Waals surface area contributed by atoms with Crippen molar-refractivity contribution in [2.75, 3.05) is 45.3 Å². The van der Waals surface area contributed by atoms with E-state index < -0.39 is 5.60 Å². The fourth-order valence-electron chi connectivity index (χ4n) is 5.64. The van der Waals surface area contributed by atoms with Crippen LogP contribution in [0.15, 0.2) is 42.7 Å². The summed E-state index contributed by atoms with van der Waals surface area (Å²) < 4.78 is 5.17. The zero-order valence-electron chi connectivity index (χ0n) is 20.5. The minimum atomic E-state index is -1.21. The summed E-state index contributed by atoms with van der Waals surface area (Å²) in [5, 5.41) is 12.4. The molecule has 4 rings (SSSR count). The van der Waals surface area contributed by atoms with Crippen LogP contribution in [0.4, 0.5) is 5.69 Å². The highest BCUT2D eigenvalue weighted by atomic mass is 16.5. The molecule has 0 bridgehead atoms. The molecule has 1 N–H and O–H groups in total. The second kappa shape index (κ2) is 9.16. The quantitative estimate of drug-likeness (QED) is 0.662. The third kappa shape index (κ3) is 4.20.